The van der Waals surface area contributed by atoms with Crippen molar-refractivity contribution >= 4 is 28.5 Å². The number of amides is 2. The molecule has 0 radical (unpaired) electrons. The zero-order chi connectivity index (χ0) is 23.5. The van der Waals surface area contributed by atoms with Gasteiger partial charge in [-0.1, -0.05) is 54.6 Å². The lowest BCUT2D eigenvalue weighted by Gasteiger charge is -2.29. The van der Waals surface area contributed by atoms with Gasteiger partial charge >= 0.3 is 0 Å². The van der Waals surface area contributed by atoms with E-state index in [9.17, 15) is 9.59 Å². The molecule has 2 amide bonds. The normalized spacial score (nSPS) is 14.4. The summed E-state index contributed by atoms with van der Waals surface area (Å²) in [6, 6.07) is 25.0. The SMILES string of the molecule is Cc1cccc(N2NC(C(=O)NC(Cc3ccccc3)c3nc4ccccc4[nH]3)=CCC2=O)c1. The zero-order valence-corrected chi connectivity index (χ0v) is 18.8. The average molecular weight is 452 g/mol. The van der Waals surface area contributed by atoms with Crippen LogP contribution in [0.3, 0.4) is 0 Å². The van der Waals surface area contributed by atoms with E-state index in [1.165, 1.54) is 5.01 Å². The number of hydrogen-bond acceptors (Lipinski definition) is 4. The number of anilines is 1. The Morgan fingerprint density at radius 3 is 2.65 bits per heavy atom. The second-order valence-corrected chi connectivity index (χ2v) is 8.36. The number of H-pyrrole nitrogens is 1. The van der Waals surface area contributed by atoms with Gasteiger partial charge in [0, 0.05) is 6.42 Å². The lowest BCUT2D eigenvalue weighted by Crippen LogP contribution is -2.49. The largest absolute Gasteiger partial charge is 0.340 e. The standard InChI is InChI=1S/C27H25N5O2/c1-18-8-7-11-20(16-18)32-25(33)15-14-23(31-32)27(34)30-24(17-19-9-3-2-4-10-19)26-28-21-12-5-6-13-22(21)29-26/h2-14,16,24,31H,15,17H2,1H3,(H,28,29)(H,30,34). The second kappa shape index (κ2) is 9.23. The van der Waals surface area contributed by atoms with Crippen molar-refractivity contribution < 1.29 is 9.59 Å². The third-order valence-electron chi connectivity index (χ3n) is 5.79. The molecular formula is C27H25N5O2. The summed E-state index contributed by atoms with van der Waals surface area (Å²) in [5, 5.41) is 4.54. The Hall–Kier alpha value is -4.39. The highest BCUT2D eigenvalue weighted by molar-refractivity contribution is 6.01. The highest BCUT2D eigenvalue weighted by atomic mass is 16.2. The fraction of sp³-hybridized carbons (Fsp3) is 0.148. The molecule has 2 heterocycles. The summed E-state index contributed by atoms with van der Waals surface area (Å²) in [7, 11) is 0. The van der Waals surface area contributed by atoms with Crippen LogP contribution < -0.4 is 15.8 Å². The lowest BCUT2D eigenvalue weighted by atomic mass is 10.1. The van der Waals surface area contributed by atoms with Crippen molar-refractivity contribution in [2.45, 2.75) is 25.8 Å². The van der Waals surface area contributed by atoms with Gasteiger partial charge in [0.25, 0.3) is 5.91 Å². The first-order valence-corrected chi connectivity index (χ1v) is 11.2. The van der Waals surface area contributed by atoms with E-state index < -0.39 is 0 Å². The molecule has 7 nitrogen and oxygen atoms in total. The van der Waals surface area contributed by atoms with Crippen LogP contribution in [0.4, 0.5) is 5.69 Å². The highest BCUT2D eigenvalue weighted by Crippen LogP contribution is 2.22. The zero-order valence-electron chi connectivity index (χ0n) is 18.8. The summed E-state index contributed by atoms with van der Waals surface area (Å²) >= 11 is 0. The maximum Gasteiger partial charge on any atom is 0.269 e. The van der Waals surface area contributed by atoms with E-state index in [1.807, 2.05) is 85.8 Å². The molecule has 1 atom stereocenters. The number of rotatable bonds is 6. The maximum absolute atomic E-state index is 13.3. The Balaban J connectivity index is 1.40. The van der Waals surface area contributed by atoms with Gasteiger partial charge in [0.2, 0.25) is 5.91 Å². The topological polar surface area (TPSA) is 90.1 Å². The number of carbonyl (C=O) groups is 2. The van der Waals surface area contributed by atoms with E-state index in [-0.39, 0.29) is 24.3 Å². The third kappa shape index (κ3) is 4.54. The number of nitrogens with zero attached hydrogens (tertiary/aromatic N) is 2. The summed E-state index contributed by atoms with van der Waals surface area (Å²) in [4.78, 5) is 33.9. The fourth-order valence-electron chi connectivity index (χ4n) is 4.07. The van der Waals surface area contributed by atoms with E-state index in [0.29, 0.717) is 23.6 Å². The summed E-state index contributed by atoms with van der Waals surface area (Å²) in [5.41, 5.74) is 7.88. The van der Waals surface area contributed by atoms with Gasteiger partial charge in [-0.2, -0.15) is 0 Å². The van der Waals surface area contributed by atoms with E-state index in [2.05, 4.69) is 15.7 Å². The van der Waals surface area contributed by atoms with Gasteiger partial charge in [0.1, 0.15) is 11.5 Å². The molecule has 5 rings (SSSR count). The van der Waals surface area contributed by atoms with Crippen molar-refractivity contribution in [2.24, 2.45) is 0 Å². The van der Waals surface area contributed by atoms with Gasteiger partial charge in [0.15, 0.2) is 0 Å². The number of benzene rings is 3. The molecular weight excluding hydrogens is 426 g/mol. The minimum Gasteiger partial charge on any atom is -0.340 e. The Morgan fingerprint density at radius 1 is 1.06 bits per heavy atom. The minimum absolute atomic E-state index is 0.125. The molecule has 0 aliphatic carbocycles. The minimum atomic E-state index is -0.380. The van der Waals surface area contributed by atoms with Crippen LogP contribution in [0.1, 0.15) is 29.4 Å². The maximum atomic E-state index is 13.3. The Kier molecular flexibility index (Phi) is 5.82. The van der Waals surface area contributed by atoms with Crippen LogP contribution in [0.2, 0.25) is 0 Å². The predicted molar refractivity (Wildman–Crippen MR) is 132 cm³/mol. The predicted octanol–water partition coefficient (Wildman–Crippen LogP) is 4.10. The molecule has 34 heavy (non-hydrogen) atoms. The molecule has 0 saturated carbocycles. The van der Waals surface area contributed by atoms with E-state index in [4.69, 9.17) is 4.98 Å². The van der Waals surface area contributed by atoms with Gasteiger partial charge in [-0.25, -0.2) is 9.99 Å². The second-order valence-electron chi connectivity index (χ2n) is 8.36. The first-order chi connectivity index (χ1) is 16.6. The van der Waals surface area contributed by atoms with Crippen LogP contribution >= 0.6 is 0 Å². The molecule has 1 aliphatic heterocycles. The number of aromatic nitrogens is 2. The van der Waals surface area contributed by atoms with Crippen LogP contribution in [0.25, 0.3) is 11.0 Å². The smallest absolute Gasteiger partial charge is 0.269 e. The van der Waals surface area contributed by atoms with Crippen LogP contribution in [0.15, 0.2) is 90.6 Å². The summed E-state index contributed by atoms with van der Waals surface area (Å²) in [6.45, 7) is 1.96. The van der Waals surface area contributed by atoms with Gasteiger partial charge < -0.3 is 10.3 Å². The van der Waals surface area contributed by atoms with Crippen LogP contribution in [0, 0.1) is 6.92 Å². The summed E-state index contributed by atoms with van der Waals surface area (Å²) < 4.78 is 0. The average Bonchev–Trinajstić information content (AvgIpc) is 3.29. The van der Waals surface area contributed by atoms with Crippen molar-refractivity contribution in [3.8, 4) is 0 Å². The fourth-order valence-corrected chi connectivity index (χ4v) is 4.07. The Bertz CT molecular complexity index is 1340. The number of imidazole rings is 1. The quantitative estimate of drug-likeness (QED) is 0.412. The molecule has 170 valence electrons. The number of para-hydroxylation sites is 2. The molecule has 1 aromatic heterocycles. The third-order valence-corrected chi connectivity index (χ3v) is 5.79. The van der Waals surface area contributed by atoms with E-state index in [0.717, 1.165) is 22.2 Å². The Morgan fingerprint density at radius 2 is 1.85 bits per heavy atom. The highest BCUT2D eigenvalue weighted by Gasteiger charge is 2.27. The molecule has 0 saturated heterocycles. The monoisotopic (exact) mass is 451 g/mol. The van der Waals surface area contributed by atoms with Crippen LogP contribution in [-0.2, 0) is 16.0 Å². The molecule has 0 fully saturated rings. The lowest BCUT2D eigenvalue weighted by molar-refractivity contribution is -0.120. The van der Waals surface area contributed by atoms with Crippen molar-refractivity contribution in [3.05, 3.63) is 108 Å². The molecule has 4 aromatic rings. The molecule has 1 unspecified atom stereocenters. The number of hydrazine groups is 1. The number of carbonyl (C=O) groups excluding carboxylic acids is 2. The number of hydrogen-bond donors (Lipinski definition) is 3. The molecule has 3 aromatic carbocycles. The van der Waals surface area contributed by atoms with E-state index >= 15 is 0 Å². The van der Waals surface area contributed by atoms with Crippen molar-refractivity contribution in [2.75, 3.05) is 5.01 Å². The molecule has 0 bridgehead atoms. The summed E-state index contributed by atoms with van der Waals surface area (Å²) in [5.74, 6) is 0.258. The first kappa shape index (κ1) is 21.5. The summed E-state index contributed by atoms with van der Waals surface area (Å²) in [6.07, 6.45) is 2.33. The van der Waals surface area contributed by atoms with Crippen molar-refractivity contribution in [1.29, 1.82) is 0 Å². The van der Waals surface area contributed by atoms with Crippen molar-refractivity contribution in [1.82, 2.24) is 20.7 Å². The number of fused-ring (bicyclic) bond motifs is 1. The van der Waals surface area contributed by atoms with Gasteiger partial charge in [-0.15, -0.1) is 0 Å². The number of aromatic amines is 1. The van der Waals surface area contributed by atoms with Crippen LogP contribution in [-0.4, -0.2) is 21.8 Å². The molecule has 1 aliphatic rings. The number of nitrogens with one attached hydrogen (secondary N) is 3. The Labute approximate surface area is 197 Å². The molecule has 7 heteroatoms. The first-order valence-electron chi connectivity index (χ1n) is 11.2. The number of aryl methyl sites for hydroxylation is 1. The van der Waals surface area contributed by atoms with Crippen molar-refractivity contribution in [3.63, 3.8) is 0 Å². The van der Waals surface area contributed by atoms with Gasteiger partial charge in [-0.05, 0) is 54.8 Å². The van der Waals surface area contributed by atoms with Gasteiger partial charge in [0.05, 0.1) is 22.8 Å². The van der Waals surface area contributed by atoms with Crippen LogP contribution in [0.5, 0.6) is 0 Å². The van der Waals surface area contributed by atoms with Gasteiger partial charge in [-0.3, -0.25) is 15.0 Å². The van der Waals surface area contributed by atoms with E-state index in [1.54, 1.807) is 6.08 Å². The molecule has 3 N–H and O–H groups in total. The molecule has 0 spiro atoms.